The molecule has 0 saturated carbocycles. The molecule has 1 aromatic heterocycles. The molecule has 2 heterocycles. The summed E-state index contributed by atoms with van der Waals surface area (Å²) in [6.07, 6.45) is 4.63. The van der Waals surface area contributed by atoms with E-state index in [9.17, 15) is 4.79 Å². The number of nitrogens with zero attached hydrogens (tertiary/aromatic N) is 1. The molecule has 130 valence electrons. The van der Waals surface area contributed by atoms with Crippen LogP contribution in [-0.2, 0) is 19.4 Å². The van der Waals surface area contributed by atoms with E-state index in [1.807, 2.05) is 36.4 Å². The smallest absolute Gasteiger partial charge is 0.257 e. The molecular formula is C21H18N2O2S. The molecule has 1 aliphatic heterocycles. The van der Waals surface area contributed by atoms with Gasteiger partial charge in [0.15, 0.2) is 5.13 Å². The van der Waals surface area contributed by atoms with Crippen LogP contribution in [0.25, 0.3) is 11.3 Å². The second-order valence-corrected chi connectivity index (χ2v) is 7.80. The van der Waals surface area contributed by atoms with Gasteiger partial charge in [0.05, 0.1) is 10.6 Å². The van der Waals surface area contributed by atoms with E-state index in [1.54, 1.807) is 0 Å². The molecule has 5 heteroatoms. The van der Waals surface area contributed by atoms with E-state index < -0.39 is 0 Å². The molecule has 26 heavy (non-hydrogen) atoms. The first-order valence-electron chi connectivity index (χ1n) is 8.93. The standard InChI is InChI=1S/C21H18N2O2S/c24-20(15-10-9-13-5-1-2-6-14(13)11-15)23-21-22-19-16-7-3-4-8-17(16)25-12-18(19)26-21/h3-4,7-11H,1-2,5-6,12H2,(H,22,23,24). The molecule has 2 aliphatic rings. The Kier molecular flexibility index (Phi) is 3.75. The summed E-state index contributed by atoms with van der Waals surface area (Å²) in [5.41, 5.74) is 5.29. The van der Waals surface area contributed by atoms with Gasteiger partial charge < -0.3 is 4.74 Å². The van der Waals surface area contributed by atoms with Crippen LogP contribution in [0.4, 0.5) is 5.13 Å². The van der Waals surface area contributed by atoms with Gasteiger partial charge in [-0.25, -0.2) is 4.98 Å². The summed E-state index contributed by atoms with van der Waals surface area (Å²) < 4.78 is 5.77. The molecule has 0 spiro atoms. The summed E-state index contributed by atoms with van der Waals surface area (Å²) in [4.78, 5) is 18.4. The number of hydrogen-bond donors (Lipinski definition) is 1. The molecule has 1 N–H and O–H groups in total. The maximum absolute atomic E-state index is 12.7. The highest BCUT2D eigenvalue weighted by Crippen LogP contribution is 2.40. The van der Waals surface area contributed by atoms with Crippen molar-refractivity contribution < 1.29 is 9.53 Å². The van der Waals surface area contributed by atoms with E-state index >= 15 is 0 Å². The van der Waals surface area contributed by atoms with Crippen molar-refractivity contribution in [3.63, 3.8) is 0 Å². The van der Waals surface area contributed by atoms with Gasteiger partial charge in [-0.05, 0) is 61.1 Å². The number of para-hydroxylation sites is 1. The molecule has 0 atom stereocenters. The molecule has 1 aliphatic carbocycles. The highest BCUT2D eigenvalue weighted by Gasteiger charge is 2.22. The van der Waals surface area contributed by atoms with Crippen molar-refractivity contribution in [1.29, 1.82) is 0 Å². The Labute approximate surface area is 155 Å². The van der Waals surface area contributed by atoms with E-state index in [0.717, 1.165) is 34.7 Å². The van der Waals surface area contributed by atoms with E-state index in [4.69, 9.17) is 4.74 Å². The van der Waals surface area contributed by atoms with Crippen LogP contribution in [0, 0.1) is 0 Å². The largest absolute Gasteiger partial charge is 0.487 e. The van der Waals surface area contributed by atoms with E-state index in [2.05, 4.69) is 16.4 Å². The van der Waals surface area contributed by atoms with Gasteiger partial charge in [-0.2, -0.15) is 0 Å². The molecule has 2 aromatic carbocycles. The predicted octanol–water partition coefficient (Wildman–Crippen LogP) is 4.83. The van der Waals surface area contributed by atoms with Crippen molar-refractivity contribution >= 4 is 22.4 Å². The lowest BCUT2D eigenvalue weighted by atomic mass is 9.90. The molecule has 5 rings (SSSR count). The molecule has 0 saturated heterocycles. The number of carbonyl (C=O) groups is 1. The number of thiazole rings is 1. The quantitative estimate of drug-likeness (QED) is 0.710. The van der Waals surface area contributed by atoms with Gasteiger partial charge in [0.2, 0.25) is 0 Å². The lowest BCUT2D eigenvalue weighted by molar-refractivity contribution is 0.102. The zero-order valence-electron chi connectivity index (χ0n) is 14.2. The first kappa shape index (κ1) is 15.6. The van der Waals surface area contributed by atoms with Gasteiger partial charge in [0.1, 0.15) is 12.4 Å². The minimum atomic E-state index is -0.0985. The third-order valence-corrected chi connectivity index (χ3v) is 5.97. The number of ether oxygens (including phenoxy) is 1. The number of carbonyl (C=O) groups excluding carboxylic acids is 1. The average Bonchev–Trinajstić information content (AvgIpc) is 3.10. The van der Waals surface area contributed by atoms with E-state index in [-0.39, 0.29) is 5.91 Å². The monoisotopic (exact) mass is 362 g/mol. The number of aromatic nitrogens is 1. The van der Waals surface area contributed by atoms with E-state index in [1.165, 1.54) is 35.3 Å². The fraction of sp³-hybridized carbons (Fsp3) is 0.238. The zero-order valence-corrected chi connectivity index (χ0v) is 15.1. The van der Waals surface area contributed by atoms with Crippen molar-refractivity contribution in [3.05, 3.63) is 64.0 Å². The van der Waals surface area contributed by atoms with Crippen LogP contribution in [0.5, 0.6) is 5.75 Å². The number of benzene rings is 2. The lowest BCUT2D eigenvalue weighted by Gasteiger charge is -2.16. The lowest BCUT2D eigenvalue weighted by Crippen LogP contribution is -2.13. The van der Waals surface area contributed by atoms with Crippen LogP contribution in [0.15, 0.2) is 42.5 Å². The summed E-state index contributed by atoms with van der Waals surface area (Å²) in [5, 5.41) is 3.59. The summed E-state index contributed by atoms with van der Waals surface area (Å²) in [7, 11) is 0. The molecule has 1 amide bonds. The number of anilines is 1. The number of aryl methyl sites for hydroxylation is 2. The Hall–Kier alpha value is -2.66. The Morgan fingerprint density at radius 3 is 2.85 bits per heavy atom. The third-order valence-electron chi connectivity index (χ3n) is 5.03. The van der Waals surface area contributed by atoms with Crippen LogP contribution in [0.1, 0.15) is 39.2 Å². The summed E-state index contributed by atoms with van der Waals surface area (Å²) in [6, 6.07) is 13.9. The fourth-order valence-corrected chi connectivity index (χ4v) is 4.57. The highest BCUT2D eigenvalue weighted by atomic mass is 32.1. The van der Waals surface area contributed by atoms with Crippen molar-refractivity contribution in [2.24, 2.45) is 0 Å². The maximum atomic E-state index is 12.7. The van der Waals surface area contributed by atoms with Gasteiger partial charge in [0, 0.05) is 11.1 Å². The first-order chi connectivity index (χ1) is 12.8. The Morgan fingerprint density at radius 1 is 1.08 bits per heavy atom. The number of rotatable bonds is 2. The van der Waals surface area contributed by atoms with Crippen molar-refractivity contribution in [2.45, 2.75) is 32.3 Å². The molecule has 3 aromatic rings. The van der Waals surface area contributed by atoms with Crippen LogP contribution in [-0.4, -0.2) is 10.9 Å². The molecule has 0 unspecified atom stereocenters. The Bertz CT molecular complexity index is 1010. The van der Waals surface area contributed by atoms with Gasteiger partial charge >= 0.3 is 0 Å². The fourth-order valence-electron chi connectivity index (χ4n) is 3.69. The summed E-state index contributed by atoms with van der Waals surface area (Å²) in [5.74, 6) is 0.747. The van der Waals surface area contributed by atoms with Crippen LogP contribution >= 0.6 is 11.3 Å². The second-order valence-electron chi connectivity index (χ2n) is 6.72. The summed E-state index contributed by atoms with van der Waals surface area (Å²) >= 11 is 1.48. The predicted molar refractivity (Wildman–Crippen MR) is 103 cm³/mol. The SMILES string of the molecule is O=C(Nc1nc2c(s1)COc1ccccc1-2)c1ccc2c(c1)CCCC2. The topological polar surface area (TPSA) is 51.2 Å². The van der Waals surface area contributed by atoms with Crippen molar-refractivity contribution in [3.8, 4) is 17.0 Å². The Morgan fingerprint density at radius 2 is 1.92 bits per heavy atom. The van der Waals surface area contributed by atoms with Crippen LogP contribution in [0.3, 0.4) is 0 Å². The third kappa shape index (κ3) is 2.69. The van der Waals surface area contributed by atoms with Crippen molar-refractivity contribution in [1.82, 2.24) is 4.98 Å². The average molecular weight is 362 g/mol. The molecular weight excluding hydrogens is 344 g/mol. The normalized spacial score (nSPS) is 14.6. The maximum Gasteiger partial charge on any atom is 0.257 e. The summed E-state index contributed by atoms with van der Waals surface area (Å²) in [6.45, 7) is 0.499. The zero-order chi connectivity index (χ0) is 17.5. The van der Waals surface area contributed by atoms with Gasteiger partial charge in [-0.1, -0.05) is 29.5 Å². The number of nitrogens with one attached hydrogen (secondary N) is 1. The van der Waals surface area contributed by atoms with Crippen LogP contribution in [0.2, 0.25) is 0 Å². The Balaban J connectivity index is 1.41. The minimum Gasteiger partial charge on any atom is -0.487 e. The number of fused-ring (bicyclic) bond motifs is 4. The van der Waals surface area contributed by atoms with Gasteiger partial charge in [-0.3, -0.25) is 10.1 Å². The number of hydrogen-bond acceptors (Lipinski definition) is 4. The molecule has 0 radical (unpaired) electrons. The molecule has 0 bridgehead atoms. The van der Waals surface area contributed by atoms with Gasteiger partial charge in [-0.15, -0.1) is 0 Å². The molecule has 0 fully saturated rings. The molecule has 4 nitrogen and oxygen atoms in total. The van der Waals surface area contributed by atoms with Gasteiger partial charge in [0.25, 0.3) is 5.91 Å². The number of amides is 1. The van der Waals surface area contributed by atoms with E-state index in [0.29, 0.717) is 17.3 Å². The minimum absolute atomic E-state index is 0.0985. The van der Waals surface area contributed by atoms with Crippen LogP contribution < -0.4 is 10.1 Å². The highest BCUT2D eigenvalue weighted by molar-refractivity contribution is 7.16. The second kappa shape index (κ2) is 6.25. The van der Waals surface area contributed by atoms with Crippen molar-refractivity contribution in [2.75, 3.05) is 5.32 Å². The first-order valence-corrected chi connectivity index (χ1v) is 9.74.